The molecule has 71 valence electrons. The van der Waals surface area contributed by atoms with Gasteiger partial charge in [0.05, 0.1) is 0 Å². The summed E-state index contributed by atoms with van der Waals surface area (Å²) in [5, 5.41) is 0. The van der Waals surface area contributed by atoms with Crippen LogP contribution in [-0.2, 0) is 28.4 Å². The normalized spacial score (nSPS) is 14.0. The maximum atomic E-state index is 10.9. The number of hydrogen-bond acceptors (Lipinski definition) is 2. The van der Waals surface area contributed by atoms with Gasteiger partial charge in [-0.05, 0) is 0 Å². The summed E-state index contributed by atoms with van der Waals surface area (Å²) in [5.41, 5.74) is 0.300. The molecule has 0 saturated carbocycles. The molecule has 3 heteroatoms. The summed E-state index contributed by atoms with van der Waals surface area (Å²) < 4.78 is 4.61. The maximum absolute atomic E-state index is 10.9. The zero-order valence-electron chi connectivity index (χ0n) is 8.22. The molecule has 0 aliphatic rings. The Bertz CT molecular complexity index is 149. The van der Waals surface area contributed by atoms with E-state index < -0.39 is 0 Å². The molecule has 0 saturated heterocycles. The Morgan fingerprint density at radius 3 is 2.33 bits per heavy atom. The fourth-order valence-corrected chi connectivity index (χ4v) is 1.60. The predicted molar refractivity (Wildman–Crippen MR) is 43.9 cm³/mol. The molecule has 12 heavy (non-hydrogen) atoms. The van der Waals surface area contributed by atoms with Crippen LogP contribution in [0.25, 0.3) is 0 Å². The first-order chi connectivity index (χ1) is 5.35. The van der Waals surface area contributed by atoms with Crippen molar-refractivity contribution < 1.29 is 28.4 Å². The summed E-state index contributed by atoms with van der Waals surface area (Å²) >= 11 is 1.37. The molecule has 0 radical (unpaired) electrons. The third kappa shape index (κ3) is 6.84. The van der Waals surface area contributed by atoms with Crippen molar-refractivity contribution in [3.63, 3.8) is 0 Å². The summed E-state index contributed by atoms with van der Waals surface area (Å²) in [6, 6.07) is 0. The average molecular weight is 253 g/mol. The Labute approximate surface area is 86.4 Å². The average Bonchev–Trinajstić information content (AvgIpc) is 1.82. The first-order valence-electron chi connectivity index (χ1n) is 4.18. The molecule has 0 fully saturated rings. The van der Waals surface area contributed by atoms with Crippen LogP contribution in [0.4, 0.5) is 0 Å². The quantitative estimate of drug-likeness (QED) is 0.722. The molecule has 0 N–H and O–H groups in total. The van der Waals surface area contributed by atoms with Crippen molar-refractivity contribution in [3.8, 4) is 0 Å². The monoisotopic (exact) mass is 255 g/mol. The van der Waals surface area contributed by atoms with Gasteiger partial charge in [0.25, 0.3) is 0 Å². The van der Waals surface area contributed by atoms with E-state index in [-0.39, 0.29) is 5.97 Å². The molecule has 0 aromatic heterocycles. The van der Waals surface area contributed by atoms with Crippen LogP contribution >= 0.6 is 0 Å². The van der Waals surface area contributed by atoms with Crippen molar-refractivity contribution in [1.29, 1.82) is 0 Å². The van der Waals surface area contributed by atoms with Crippen molar-refractivity contribution in [2.24, 2.45) is 11.3 Å². The standard InChI is InChI=1S/C9H18O2.Mo/c1-7(5-8(10)11)6-9(2,3)4;/h7H,5-6H2,1-4H3,(H,10,11);/q;+1/p-1. The number of rotatable bonds is 3. The van der Waals surface area contributed by atoms with Crippen molar-refractivity contribution in [1.82, 2.24) is 0 Å². The summed E-state index contributed by atoms with van der Waals surface area (Å²) in [7, 11) is 0. The molecule has 0 aromatic rings. The topological polar surface area (TPSA) is 26.3 Å². The molecule has 2 nitrogen and oxygen atoms in total. The summed E-state index contributed by atoms with van der Waals surface area (Å²) in [5.74, 6) is 0.315. The molecule has 0 rings (SSSR count). The molecule has 0 spiro atoms. The van der Waals surface area contributed by atoms with Crippen LogP contribution in [-0.4, -0.2) is 5.97 Å². The van der Waals surface area contributed by atoms with Crippen molar-refractivity contribution in [2.45, 2.75) is 40.5 Å². The van der Waals surface area contributed by atoms with Crippen molar-refractivity contribution >= 4 is 5.97 Å². The minimum absolute atomic E-state index is 0.100. The molecular formula is C9H17MoO2. The van der Waals surface area contributed by atoms with Crippen LogP contribution in [0.5, 0.6) is 0 Å². The molecule has 0 bridgehead atoms. The van der Waals surface area contributed by atoms with E-state index in [9.17, 15) is 4.79 Å². The van der Waals surface area contributed by atoms with Crippen LogP contribution in [0.2, 0.25) is 0 Å². The fourth-order valence-electron chi connectivity index (χ4n) is 1.44. The molecule has 1 atom stereocenters. The van der Waals surface area contributed by atoms with Crippen LogP contribution in [0, 0.1) is 11.3 Å². The van der Waals surface area contributed by atoms with Gasteiger partial charge < -0.3 is 0 Å². The first-order valence-corrected chi connectivity index (χ1v) is 5.00. The van der Waals surface area contributed by atoms with Gasteiger partial charge in [-0.2, -0.15) is 0 Å². The summed E-state index contributed by atoms with van der Waals surface area (Å²) in [4.78, 5) is 10.9. The second-order valence-electron chi connectivity index (χ2n) is 4.53. The van der Waals surface area contributed by atoms with E-state index in [0.29, 0.717) is 17.8 Å². The van der Waals surface area contributed by atoms with Gasteiger partial charge >= 0.3 is 86.2 Å². The molecule has 0 aliphatic heterocycles. The molecule has 0 amide bonds. The predicted octanol–water partition coefficient (Wildman–Crippen LogP) is 2.45. The van der Waals surface area contributed by atoms with Crippen LogP contribution in [0.3, 0.4) is 0 Å². The third-order valence-corrected chi connectivity index (χ3v) is 2.03. The van der Waals surface area contributed by atoms with E-state index in [4.69, 9.17) is 0 Å². The van der Waals surface area contributed by atoms with Gasteiger partial charge in [-0.25, -0.2) is 0 Å². The first kappa shape index (κ1) is 12.2. The van der Waals surface area contributed by atoms with Crippen LogP contribution in [0.1, 0.15) is 40.5 Å². The van der Waals surface area contributed by atoms with E-state index in [1.807, 2.05) is 0 Å². The van der Waals surface area contributed by atoms with Crippen molar-refractivity contribution in [3.05, 3.63) is 0 Å². The molecule has 0 heterocycles. The van der Waals surface area contributed by atoms with E-state index in [0.717, 1.165) is 6.42 Å². The van der Waals surface area contributed by atoms with Gasteiger partial charge in [0, 0.05) is 0 Å². The van der Waals surface area contributed by atoms with E-state index in [2.05, 4.69) is 31.1 Å². The SMILES string of the molecule is CC(CC(=O)[O][Mo])CC(C)(C)C. The number of carbonyl (C=O) groups is 1. The molecule has 0 aromatic carbocycles. The molecular weight excluding hydrogens is 236 g/mol. The van der Waals surface area contributed by atoms with Gasteiger partial charge in [0.1, 0.15) is 0 Å². The van der Waals surface area contributed by atoms with E-state index >= 15 is 0 Å². The number of hydrogen-bond donors (Lipinski definition) is 0. The van der Waals surface area contributed by atoms with E-state index in [1.54, 1.807) is 0 Å². The van der Waals surface area contributed by atoms with Crippen LogP contribution < -0.4 is 0 Å². The fraction of sp³-hybridized carbons (Fsp3) is 0.889. The molecule has 0 aliphatic carbocycles. The Morgan fingerprint density at radius 2 is 2.00 bits per heavy atom. The van der Waals surface area contributed by atoms with Crippen LogP contribution in [0.15, 0.2) is 0 Å². The van der Waals surface area contributed by atoms with Gasteiger partial charge in [-0.15, -0.1) is 0 Å². The minimum atomic E-state index is -0.100. The third-order valence-electron chi connectivity index (χ3n) is 1.57. The second kappa shape index (κ2) is 5.01. The summed E-state index contributed by atoms with van der Waals surface area (Å²) in [6.45, 7) is 8.63. The Kier molecular flexibility index (Phi) is 5.08. The van der Waals surface area contributed by atoms with Crippen molar-refractivity contribution in [2.75, 3.05) is 0 Å². The van der Waals surface area contributed by atoms with E-state index in [1.165, 1.54) is 20.2 Å². The Morgan fingerprint density at radius 1 is 1.50 bits per heavy atom. The Hall–Kier alpha value is 0.158. The van der Waals surface area contributed by atoms with Gasteiger partial charge in [-0.1, -0.05) is 0 Å². The zero-order chi connectivity index (χ0) is 9.78. The van der Waals surface area contributed by atoms with Gasteiger partial charge in [0.2, 0.25) is 0 Å². The van der Waals surface area contributed by atoms with Gasteiger partial charge in [-0.3, -0.25) is 0 Å². The Balaban J connectivity index is 3.74. The zero-order valence-corrected chi connectivity index (χ0v) is 10.2. The summed E-state index contributed by atoms with van der Waals surface area (Å²) in [6.07, 6.45) is 1.60. The van der Waals surface area contributed by atoms with Gasteiger partial charge in [0.15, 0.2) is 0 Å². The second-order valence-corrected chi connectivity index (χ2v) is 4.94. The molecule has 1 unspecified atom stereocenters. The number of carbonyl (C=O) groups excluding carboxylic acids is 1.